The molecule has 0 aliphatic rings. The number of furan rings is 2. The summed E-state index contributed by atoms with van der Waals surface area (Å²) < 4.78 is 10.5. The lowest BCUT2D eigenvalue weighted by Crippen LogP contribution is -2.23. The maximum Gasteiger partial charge on any atom is 0.287 e. The molecule has 10 heteroatoms. The minimum atomic E-state index is -0.751. The zero-order valence-electron chi connectivity index (χ0n) is 20.6. The van der Waals surface area contributed by atoms with Crippen LogP contribution in [0.3, 0.4) is 0 Å². The van der Waals surface area contributed by atoms with Gasteiger partial charge in [0, 0.05) is 19.6 Å². The number of rotatable bonds is 10. The monoisotopic (exact) mass is 514 g/mol. The molecule has 4 rings (SSSR count). The Morgan fingerprint density at radius 2 is 0.868 bits per heavy atom. The third-order valence-corrected chi connectivity index (χ3v) is 5.63. The molecule has 0 fully saturated rings. The van der Waals surface area contributed by atoms with Gasteiger partial charge >= 0.3 is 0 Å². The number of hydrogen-bond acceptors (Lipinski definition) is 6. The Kier molecular flexibility index (Phi) is 8.02. The lowest BCUT2D eigenvalue weighted by molar-refractivity contribution is 0.0890. The maximum atomic E-state index is 12.5. The van der Waals surface area contributed by atoms with Crippen LogP contribution < -0.4 is 21.7 Å². The van der Waals surface area contributed by atoms with Gasteiger partial charge in [-0.05, 0) is 47.9 Å². The lowest BCUT2D eigenvalue weighted by atomic mass is 10.1. The number of hydrogen-bond donors (Lipinski definition) is 4. The van der Waals surface area contributed by atoms with Crippen molar-refractivity contribution in [2.75, 3.05) is 0 Å². The fourth-order valence-corrected chi connectivity index (χ4v) is 3.46. The predicted octanol–water partition coefficient (Wildman–Crippen LogP) is 3.07. The van der Waals surface area contributed by atoms with Crippen LogP contribution in [0.25, 0.3) is 0 Å². The first-order chi connectivity index (χ1) is 18.3. The summed E-state index contributed by atoms with van der Waals surface area (Å²) in [4.78, 5) is 48.0. The van der Waals surface area contributed by atoms with Gasteiger partial charge in [-0.2, -0.15) is 0 Å². The van der Waals surface area contributed by atoms with Crippen molar-refractivity contribution in [2.45, 2.75) is 26.6 Å². The molecule has 2 heterocycles. The van der Waals surface area contributed by atoms with E-state index in [9.17, 15) is 19.2 Å². The van der Waals surface area contributed by atoms with Crippen molar-refractivity contribution in [3.63, 3.8) is 0 Å². The molecular formula is C28H26N4O6. The standard InChI is InChI=1S/C28H26N4O6/c1-17-2-4-18(5-3-17)14-30-27(35)23-12-13-24(38-23)28(36)32-16-20-8-6-19(7-9-20)15-31-26(34)22-11-10-21(37-22)25(29)33/h2-13H,14-16H2,1H3,(H2,29,33)(H,30,35)(H,31,34)(H,32,36). The van der Waals surface area contributed by atoms with Gasteiger partial charge in [0.2, 0.25) is 0 Å². The van der Waals surface area contributed by atoms with Crippen molar-refractivity contribution < 1.29 is 28.0 Å². The lowest BCUT2D eigenvalue weighted by Gasteiger charge is -2.07. The van der Waals surface area contributed by atoms with Crippen molar-refractivity contribution >= 4 is 23.6 Å². The molecule has 0 saturated heterocycles. The predicted molar refractivity (Wildman–Crippen MR) is 137 cm³/mol. The van der Waals surface area contributed by atoms with Gasteiger partial charge < -0.3 is 30.5 Å². The highest BCUT2D eigenvalue weighted by atomic mass is 16.4. The minimum Gasteiger partial charge on any atom is -0.446 e. The molecule has 10 nitrogen and oxygen atoms in total. The van der Waals surface area contributed by atoms with E-state index in [2.05, 4.69) is 16.0 Å². The van der Waals surface area contributed by atoms with E-state index in [-0.39, 0.29) is 36.1 Å². The number of nitrogens with two attached hydrogens (primary N) is 1. The fraction of sp³-hybridized carbons (Fsp3) is 0.143. The number of primary amides is 1. The van der Waals surface area contributed by atoms with Crippen LogP contribution in [0, 0.1) is 6.92 Å². The molecule has 0 spiro atoms. The second-order valence-electron chi connectivity index (χ2n) is 8.54. The molecule has 2 aromatic heterocycles. The van der Waals surface area contributed by atoms with Gasteiger partial charge in [0.1, 0.15) is 0 Å². The van der Waals surface area contributed by atoms with Crippen LogP contribution in [-0.2, 0) is 19.6 Å². The molecule has 38 heavy (non-hydrogen) atoms. The van der Waals surface area contributed by atoms with Gasteiger partial charge in [-0.25, -0.2) is 0 Å². The molecule has 194 valence electrons. The fourth-order valence-electron chi connectivity index (χ4n) is 3.46. The van der Waals surface area contributed by atoms with Crippen LogP contribution in [0.15, 0.2) is 81.6 Å². The van der Waals surface area contributed by atoms with E-state index in [1.54, 1.807) is 0 Å². The van der Waals surface area contributed by atoms with Crippen LogP contribution in [0.4, 0.5) is 0 Å². The average molecular weight is 515 g/mol. The zero-order valence-corrected chi connectivity index (χ0v) is 20.6. The molecule has 4 aromatic rings. The van der Waals surface area contributed by atoms with E-state index in [0.29, 0.717) is 6.54 Å². The Hall–Kier alpha value is -5.12. The smallest absolute Gasteiger partial charge is 0.287 e. The summed E-state index contributed by atoms with van der Waals surface area (Å²) in [6.45, 7) is 2.81. The quantitative estimate of drug-likeness (QED) is 0.255. The highest BCUT2D eigenvalue weighted by Crippen LogP contribution is 2.11. The first-order valence-corrected chi connectivity index (χ1v) is 11.8. The second-order valence-corrected chi connectivity index (χ2v) is 8.54. The van der Waals surface area contributed by atoms with E-state index in [0.717, 1.165) is 22.3 Å². The van der Waals surface area contributed by atoms with Crippen LogP contribution >= 0.6 is 0 Å². The molecule has 0 atom stereocenters. The highest BCUT2D eigenvalue weighted by molar-refractivity contribution is 5.96. The van der Waals surface area contributed by atoms with Gasteiger partial charge in [-0.15, -0.1) is 0 Å². The molecule has 0 unspecified atom stereocenters. The molecule has 0 aliphatic heterocycles. The summed E-state index contributed by atoms with van der Waals surface area (Å²) in [6, 6.07) is 20.7. The number of nitrogens with one attached hydrogen (secondary N) is 3. The van der Waals surface area contributed by atoms with Crippen molar-refractivity contribution in [1.29, 1.82) is 0 Å². The van der Waals surface area contributed by atoms with Crippen molar-refractivity contribution in [3.05, 3.63) is 118 Å². The van der Waals surface area contributed by atoms with Gasteiger partial charge in [-0.1, -0.05) is 54.1 Å². The number of carbonyl (C=O) groups is 4. The molecule has 0 bridgehead atoms. The minimum absolute atomic E-state index is 0.0111. The normalized spacial score (nSPS) is 10.6. The molecule has 0 aliphatic carbocycles. The van der Waals surface area contributed by atoms with Crippen LogP contribution in [0.2, 0.25) is 0 Å². The van der Waals surface area contributed by atoms with Gasteiger partial charge in [-0.3, -0.25) is 19.2 Å². The highest BCUT2D eigenvalue weighted by Gasteiger charge is 2.16. The topological polar surface area (TPSA) is 157 Å². The Morgan fingerprint density at radius 1 is 0.553 bits per heavy atom. The molecule has 0 saturated carbocycles. The van der Waals surface area contributed by atoms with E-state index < -0.39 is 23.6 Å². The zero-order chi connectivity index (χ0) is 27.1. The maximum absolute atomic E-state index is 12.5. The van der Waals surface area contributed by atoms with E-state index in [1.807, 2.05) is 55.5 Å². The molecule has 5 N–H and O–H groups in total. The number of benzene rings is 2. The number of amides is 4. The summed E-state index contributed by atoms with van der Waals surface area (Å²) in [5.41, 5.74) is 8.86. The third-order valence-electron chi connectivity index (χ3n) is 5.63. The summed E-state index contributed by atoms with van der Waals surface area (Å²) >= 11 is 0. The Bertz CT molecular complexity index is 1450. The molecule has 0 radical (unpaired) electrons. The van der Waals surface area contributed by atoms with Crippen LogP contribution in [0.1, 0.15) is 64.5 Å². The number of aryl methyl sites for hydroxylation is 1. The average Bonchev–Trinajstić information content (AvgIpc) is 3.61. The summed E-state index contributed by atoms with van der Waals surface area (Å²) in [5.74, 6) is -2.11. The van der Waals surface area contributed by atoms with Gasteiger partial charge in [0.15, 0.2) is 23.0 Å². The Labute approximate surface area is 218 Å². The summed E-state index contributed by atoms with van der Waals surface area (Å²) in [6.07, 6.45) is 0. The SMILES string of the molecule is Cc1ccc(CNC(=O)c2ccc(C(=O)NCc3ccc(CNC(=O)c4ccc(C(N)=O)o4)cc3)o2)cc1. The molecule has 4 amide bonds. The summed E-state index contributed by atoms with van der Waals surface area (Å²) in [7, 11) is 0. The van der Waals surface area contributed by atoms with E-state index in [4.69, 9.17) is 14.6 Å². The van der Waals surface area contributed by atoms with Gasteiger partial charge in [0.25, 0.3) is 23.6 Å². The third kappa shape index (κ3) is 6.76. The van der Waals surface area contributed by atoms with Crippen LogP contribution in [0.5, 0.6) is 0 Å². The van der Waals surface area contributed by atoms with E-state index in [1.165, 1.54) is 24.3 Å². The van der Waals surface area contributed by atoms with Crippen molar-refractivity contribution in [1.82, 2.24) is 16.0 Å². The molecule has 2 aromatic carbocycles. The van der Waals surface area contributed by atoms with Gasteiger partial charge in [0.05, 0.1) is 0 Å². The first kappa shape index (κ1) is 26.0. The van der Waals surface area contributed by atoms with Crippen LogP contribution in [-0.4, -0.2) is 23.6 Å². The Morgan fingerprint density at radius 3 is 1.21 bits per heavy atom. The Balaban J connectivity index is 1.22. The number of carbonyl (C=O) groups excluding carboxylic acids is 4. The van der Waals surface area contributed by atoms with E-state index >= 15 is 0 Å². The largest absolute Gasteiger partial charge is 0.446 e. The summed E-state index contributed by atoms with van der Waals surface area (Å²) in [5, 5.41) is 8.21. The first-order valence-electron chi connectivity index (χ1n) is 11.8. The second kappa shape index (κ2) is 11.7. The van der Waals surface area contributed by atoms with Crippen molar-refractivity contribution in [3.8, 4) is 0 Å². The molecular weight excluding hydrogens is 488 g/mol. The van der Waals surface area contributed by atoms with Crippen molar-refractivity contribution in [2.24, 2.45) is 5.73 Å².